The smallest absolute Gasteiger partial charge is 0.133 e. The maximum atomic E-state index is 8.61. The second kappa shape index (κ2) is 2.19. The van der Waals surface area contributed by atoms with Crippen molar-refractivity contribution >= 4 is 11.6 Å². The zero-order valence-electron chi connectivity index (χ0n) is 5.52. The molecule has 50 valence electrons. The van der Waals surface area contributed by atoms with E-state index in [1.165, 1.54) is 0 Å². The molecule has 0 spiro atoms. The largest absolute Gasteiger partial charge is 0.196 e. The summed E-state index contributed by atoms with van der Waals surface area (Å²) in [6.07, 6.45) is 3.08. The van der Waals surface area contributed by atoms with E-state index in [1.807, 2.05) is 6.92 Å². The Bertz CT molecular complexity index is 149. The van der Waals surface area contributed by atoms with Crippen LogP contribution in [0.4, 0.5) is 0 Å². The van der Waals surface area contributed by atoms with Crippen molar-refractivity contribution in [3.63, 3.8) is 0 Å². The molecule has 1 aliphatic carbocycles. The van der Waals surface area contributed by atoms with Gasteiger partial charge in [0.2, 0.25) is 0 Å². The molecule has 2 heteroatoms. The number of nitrogens with zero attached hydrogens (tertiary/aromatic N) is 1. The maximum Gasteiger partial charge on any atom is 0.133 e. The number of alkyl halides is 1. The lowest BCUT2D eigenvalue weighted by Gasteiger charge is -2.15. The predicted octanol–water partition coefficient (Wildman–Crippen LogP) is 2.31. The third-order valence-corrected chi connectivity index (χ3v) is 2.79. The molecule has 1 saturated carbocycles. The summed E-state index contributed by atoms with van der Waals surface area (Å²) in [4.78, 5) is -0.528. The van der Waals surface area contributed by atoms with Gasteiger partial charge in [-0.2, -0.15) is 5.26 Å². The molecular weight excluding hydrogens is 134 g/mol. The molecular formula is C7H10ClN. The zero-order valence-corrected chi connectivity index (χ0v) is 6.28. The highest BCUT2D eigenvalue weighted by atomic mass is 35.5. The highest BCUT2D eigenvalue weighted by Crippen LogP contribution is 2.39. The summed E-state index contributed by atoms with van der Waals surface area (Å²) in [5.74, 6) is 0.379. The van der Waals surface area contributed by atoms with Crippen molar-refractivity contribution in [2.45, 2.75) is 31.1 Å². The SMILES string of the molecule is CC1CCCC1(Cl)C#N. The summed E-state index contributed by atoms with van der Waals surface area (Å²) < 4.78 is 0. The van der Waals surface area contributed by atoms with Gasteiger partial charge in [0.1, 0.15) is 4.87 Å². The van der Waals surface area contributed by atoms with Gasteiger partial charge in [0.05, 0.1) is 6.07 Å². The van der Waals surface area contributed by atoms with E-state index in [9.17, 15) is 0 Å². The highest BCUT2D eigenvalue weighted by Gasteiger charge is 2.38. The van der Waals surface area contributed by atoms with E-state index in [-0.39, 0.29) is 0 Å². The van der Waals surface area contributed by atoms with Crippen molar-refractivity contribution in [2.24, 2.45) is 5.92 Å². The first kappa shape index (κ1) is 6.89. The molecule has 0 aromatic rings. The number of hydrogen-bond acceptors (Lipinski definition) is 1. The van der Waals surface area contributed by atoms with Crippen LogP contribution >= 0.6 is 11.6 Å². The monoisotopic (exact) mass is 143 g/mol. The average Bonchev–Trinajstić information content (AvgIpc) is 2.15. The Hall–Kier alpha value is -0.220. The number of rotatable bonds is 0. The Labute approximate surface area is 60.6 Å². The van der Waals surface area contributed by atoms with Crippen LogP contribution in [0.15, 0.2) is 0 Å². The van der Waals surface area contributed by atoms with Gasteiger partial charge in [-0.15, -0.1) is 11.6 Å². The van der Waals surface area contributed by atoms with E-state index >= 15 is 0 Å². The second-order valence-electron chi connectivity index (χ2n) is 2.77. The molecule has 0 N–H and O–H groups in total. The third kappa shape index (κ3) is 1.04. The molecule has 9 heavy (non-hydrogen) atoms. The standard InChI is InChI=1S/C7H10ClN/c1-6-3-2-4-7(6,8)5-9/h6H,2-4H2,1H3. The molecule has 1 fully saturated rings. The summed E-state index contributed by atoms with van der Waals surface area (Å²) in [6, 6.07) is 2.16. The van der Waals surface area contributed by atoms with Crippen molar-refractivity contribution in [1.29, 1.82) is 5.26 Å². The van der Waals surface area contributed by atoms with Gasteiger partial charge in [-0.3, -0.25) is 0 Å². The maximum absolute atomic E-state index is 8.61. The summed E-state index contributed by atoms with van der Waals surface area (Å²) >= 11 is 5.94. The number of nitriles is 1. The topological polar surface area (TPSA) is 23.8 Å². The van der Waals surface area contributed by atoms with Gasteiger partial charge < -0.3 is 0 Å². The molecule has 0 saturated heterocycles. The molecule has 0 aromatic heterocycles. The number of hydrogen-bond donors (Lipinski definition) is 0. The molecule has 0 aromatic carbocycles. The molecule has 0 aliphatic heterocycles. The first-order valence-corrected chi connectivity index (χ1v) is 3.67. The summed E-state index contributed by atoms with van der Waals surface area (Å²) in [5, 5.41) is 8.61. The predicted molar refractivity (Wildman–Crippen MR) is 37.2 cm³/mol. The van der Waals surface area contributed by atoms with Crippen LogP contribution in [-0.4, -0.2) is 4.87 Å². The number of halogens is 1. The fraction of sp³-hybridized carbons (Fsp3) is 0.857. The summed E-state index contributed by atoms with van der Waals surface area (Å²) in [6.45, 7) is 2.04. The van der Waals surface area contributed by atoms with Gasteiger partial charge in [0, 0.05) is 0 Å². The lowest BCUT2D eigenvalue weighted by Crippen LogP contribution is -2.21. The molecule has 1 rings (SSSR count). The minimum absolute atomic E-state index is 0.379. The van der Waals surface area contributed by atoms with Crippen LogP contribution in [0.3, 0.4) is 0 Å². The Morgan fingerprint density at radius 2 is 2.44 bits per heavy atom. The normalized spacial score (nSPS) is 42.6. The first-order valence-electron chi connectivity index (χ1n) is 3.29. The lowest BCUT2D eigenvalue weighted by atomic mass is 9.99. The van der Waals surface area contributed by atoms with Crippen molar-refractivity contribution in [3.8, 4) is 6.07 Å². The molecule has 0 radical (unpaired) electrons. The molecule has 0 bridgehead atoms. The molecule has 2 atom stereocenters. The summed E-state index contributed by atoms with van der Waals surface area (Å²) in [7, 11) is 0. The van der Waals surface area contributed by atoms with Gasteiger partial charge in [-0.25, -0.2) is 0 Å². The molecule has 1 aliphatic rings. The van der Waals surface area contributed by atoms with Gasteiger partial charge >= 0.3 is 0 Å². The van der Waals surface area contributed by atoms with Gasteiger partial charge in [-0.05, 0) is 18.8 Å². The van der Waals surface area contributed by atoms with E-state index in [0.29, 0.717) is 5.92 Å². The van der Waals surface area contributed by atoms with Crippen LogP contribution in [0.2, 0.25) is 0 Å². The van der Waals surface area contributed by atoms with E-state index in [0.717, 1.165) is 19.3 Å². The van der Waals surface area contributed by atoms with Crippen LogP contribution in [0.25, 0.3) is 0 Å². The minimum atomic E-state index is -0.528. The van der Waals surface area contributed by atoms with Crippen LogP contribution in [0.5, 0.6) is 0 Å². The molecule has 0 amide bonds. The molecule has 1 nitrogen and oxygen atoms in total. The molecule has 0 heterocycles. The minimum Gasteiger partial charge on any atom is -0.196 e. The zero-order chi connectivity index (χ0) is 6.91. The molecule has 2 unspecified atom stereocenters. The van der Waals surface area contributed by atoms with Crippen molar-refractivity contribution in [2.75, 3.05) is 0 Å². The summed E-state index contributed by atoms with van der Waals surface area (Å²) in [5.41, 5.74) is 0. The second-order valence-corrected chi connectivity index (χ2v) is 3.44. The van der Waals surface area contributed by atoms with Crippen LogP contribution in [0, 0.1) is 17.2 Å². The Morgan fingerprint density at radius 3 is 2.67 bits per heavy atom. The quantitative estimate of drug-likeness (QED) is 0.478. The average molecular weight is 144 g/mol. The highest BCUT2D eigenvalue weighted by molar-refractivity contribution is 6.26. The Kier molecular flexibility index (Phi) is 1.68. The van der Waals surface area contributed by atoms with Crippen molar-refractivity contribution < 1.29 is 0 Å². The fourth-order valence-corrected chi connectivity index (χ4v) is 1.55. The van der Waals surface area contributed by atoms with Gasteiger partial charge in [0.15, 0.2) is 0 Å². The van der Waals surface area contributed by atoms with E-state index in [2.05, 4.69) is 6.07 Å². The van der Waals surface area contributed by atoms with Gasteiger partial charge in [-0.1, -0.05) is 13.3 Å². The lowest BCUT2D eigenvalue weighted by molar-refractivity contribution is 0.545. The van der Waals surface area contributed by atoms with Crippen LogP contribution in [0.1, 0.15) is 26.2 Å². The van der Waals surface area contributed by atoms with Crippen molar-refractivity contribution in [1.82, 2.24) is 0 Å². The van der Waals surface area contributed by atoms with Gasteiger partial charge in [0.25, 0.3) is 0 Å². The van der Waals surface area contributed by atoms with Crippen molar-refractivity contribution in [3.05, 3.63) is 0 Å². The van der Waals surface area contributed by atoms with Crippen LogP contribution in [-0.2, 0) is 0 Å². The Morgan fingerprint density at radius 1 is 1.78 bits per heavy atom. The Balaban J connectivity index is 2.70. The van der Waals surface area contributed by atoms with E-state index in [1.54, 1.807) is 0 Å². The third-order valence-electron chi connectivity index (χ3n) is 2.14. The van der Waals surface area contributed by atoms with Crippen LogP contribution < -0.4 is 0 Å². The van der Waals surface area contributed by atoms with E-state index < -0.39 is 4.87 Å². The fourth-order valence-electron chi connectivity index (χ4n) is 1.31. The van der Waals surface area contributed by atoms with E-state index in [4.69, 9.17) is 16.9 Å². The first-order chi connectivity index (χ1) is 4.19.